The van der Waals surface area contributed by atoms with Gasteiger partial charge in [0.1, 0.15) is 0 Å². The number of rotatable bonds is 3. The molecule has 0 aromatic carbocycles. The van der Waals surface area contributed by atoms with Crippen molar-refractivity contribution in [1.29, 1.82) is 0 Å². The number of hydrogen-bond acceptors (Lipinski definition) is 1. The van der Waals surface area contributed by atoms with Crippen LogP contribution in [-0.2, 0) is 0 Å². The highest BCUT2D eigenvalue weighted by Crippen LogP contribution is 2.31. The highest BCUT2D eigenvalue weighted by molar-refractivity contribution is 5.49. The lowest BCUT2D eigenvalue weighted by Crippen LogP contribution is -2.21. The molecule has 1 aliphatic rings. The fourth-order valence-corrected chi connectivity index (χ4v) is 1.66. The molecule has 1 unspecified atom stereocenters. The van der Waals surface area contributed by atoms with E-state index >= 15 is 0 Å². The molecule has 1 heterocycles. The second-order valence-corrected chi connectivity index (χ2v) is 3.53. The van der Waals surface area contributed by atoms with E-state index in [1.165, 1.54) is 0 Å². The maximum atomic E-state index is 3.96. The molecule has 1 rings (SSSR count). The quantitative estimate of drug-likeness (QED) is 0.686. The van der Waals surface area contributed by atoms with Crippen molar-refractivity contribution >= 4 is 0 Å². The summed E-state index contributed by atoms with van der Waals surface area (Å²) in [4.78, 5) is 0. The van der Waals surface area contributed by atoms with Crippen LogP contribution in [0, 0.1) is 5.92 Å². The summed E-state index contributed by atoms with van der Waals surface area (Å²) in [5.41, 5.74) is 4.15. The van der Waals surface area contributed by atoms with E-state index in [0.717, 1.165) is 22.4 Å². The minimum absolute atomic E-state index is 0.280. The summed E-state index contributed by atoms with van der Waals surface area (Å²) >= 11 is 0. The summed E-state index contributed by atoms with van der Waals surface area (Å²) in [6.07, 6.45) is 7.46. The molecule has 0 bridgehead atoms. The fraction of sp³-hybridized carbons (Fsp3) is 0.143. The molecule has 0 saturated carbocycles. The summed E-state index contributed by atoms with van der Waals surface area (Å²) < 4.78 is 0. The lowest BCUT2D eigenvalue weighted by molar-refractivity contribution is 0.761. The lowest BCUT2D eigenvalue weighted by Gasteiger charge is -2.26. The van der Waals surface area contributed by atoms with Crippen LogP contribution in [0.5, 0.6) is 0 Å². The Bertz CT molecular complexity index is 380. The Kier molecular flexibility index (Phi) is 3.51. The molecule has 1 atom stereocenters. The minimum atomic E-state index is 0.280. The van der Waals surface area contributed by atoms with Crippen LogP contribution in [0.1, 0.15) is 6.92 Å². The van der Waals surface area contributed by atoms with Crippen LogP contribution < -0.4 is 5.32 Å². The molecule has 1 nitrogen and oxygen atoms in total. The van der Waals surface area contributed by atoms with Gasteiger partial charge in [-0.3, -0.25) is 0 Å². The zero-order valence-electron chi connectivity index (χ0n) is 9.22. The summed E-state index contributed by atoms with van der Waals surface area (Å²) in [7, 11) is 0. The molecular formula is C14H17N. The van der Waals surface area contributed by atoms with Gasteiger partial charge in [0.15, 0.2) is 0 Å². The van der Waals surface area contributed by atoms with Gasteiger partial charge in [-0.25, -0.2) is 0 Å². The zero-order valence-corrected chi connectivity index (χ0v) is 9.22. The van der Waals surface area contributed by atoms with Gasteiger partial charge < -0.3 is 5.32 Å². The highest BCUT2D eigenvalue weighted by Gasteiger charge is 2.20. The van der Waals surface area contributed by atoms with Crippen LogP contribution >= 0.6 is 0 Å². The third kappa shape index (κ3) is 2.18. The van der Waals surface area contributed by atoms with E-state index in [1.807, 2.05) is 12.3 Å². The highest BCUT2D eigenvalue weighted by atomic mass is 14.9. The fourth-order valence-electron chi connectivity index (χ4n) is 1.66. The van der Waals surface area contributed by atoms with Gasteiger partial charge in [0.25, 0.3) is 0 Å². The largest absolute Gasteiger partial charge is 0.362 e. The zero-order chi connectivity index (χ0) is 11.4. The van der Waals surface area contributed by atoms with E-state index in [-0.39, 0.29) is 5.92 Å². The molecule has 0 saturated heterocycles. The van der Waals surface area contributed by atoms with Gasteiger partial charge in [-0.2, -0.15) is 0 Å². The van der Waals surface area contributed by atoms with Crippen molar-refractivity contribution in [1.82, 2.24) is 5.32 Å². The SMILES string of the molecule is C=C/C=C1\C(=C)NC=C(C(=C)C=C)C1C. The molecule has 0 aromatic rings. The summed E-state index contributed by atoms with van der Waals surface area (Å²) in [6.45, 7) is 17.5. The van der Waals surface area contributed by atoms with Crippen LogP contribution in [0.3, 0.4) is 0 Å². The van der Waals surface area contributed by atoms with Crippen LogP contribution in [0.2, 0.25) is 0 Å². The smallest absolute Gasteiger partial charge is 0.0345 e. The summed E-state index contributed by atoms with van der Waals surface area (Å²) in [5.74, 6) is 0.280. The maximum Gasteiger partial charge on any atom is 0.0345 e. The van der Waals surface area contributed by atoms with Crippen LogP contribution in [0.25, 0.3) is 0 Å². The van der Waals surface area contributed by atoms with E-state index in [9.17, 15) is 0 Å². The predicted molar refractivity (Wildman–Crippen MR) is 67.1 cm³/mol. The topological polar surface area (TPSA) is 12.0 Å². The second kappa shape index (κ2) is 4.65. The van der Waals surface area contributed by atoms with E-state index in [2.05, 4.69) is 38.6 Å². The van der Waals surface area contributed by atoms with Gasteiger partial charge in [0.05, 0.1) is 0 Å². The first-order chi connectivity index (χ1) is 7.11. The summed E-state index contributed by atoms with van der Waals surface area (Å²) in [6, 6.07) is 0. The van der Waals surface area contributed by atoms with Gasteiger partial charge in [-0.1, -0.05) is 51.5 Å². The number of allylic oxidation sites excluding steroid dienone is 6. The van der Waals surface area contributed by atoms with Crippen molar-refractivity contribution in [2.45, 2.75) is 6.92 Å². The molecule has 1 heteroatoms. The van der Waals surface area contributed by atoms with Crippen LogP contribution in [-0.4, -0.2) is 0 Å². The number of hydrogen-bond donors (Lipinski definition) is 1. The van der Waals surface area contributed by atoms with Gasteiger partial charge in [0, 0.05) is 17.8 Å². The van der Waals surface area contributed by atoms with Crippen molar-refractivity contribution in [3.8, 4) is 0 Å². The molecular weight excluding hydrogens is 182 g/mol. The van der Waals surface area contributed by atoms with E-state index in [4.69, 9.17) is 0 Å². The van der Waals surface area contributed by atoms with Gasteiger partial charge in [-0.15, -0.1) is 0 Å². The normalized spacial score (nSPS) is 23.0. The van der Waals surface area contributed by atoms with Crippen molar-refractivity contribution in [3.05, 3.63) is 73.2 Å². The number of nitrogens with one attached hydrogen (secondary N) is 1. The average molecular weight is 199 g/mol. The molecule has 0 fully saturated rings. The third-order valence-corrected chi connectivity index (χ3v) is 2.60. The molecule has 1 aliphatic heterocycles. The molecule has 78 valence electrons. The molecule has 0 amide bonds. The molecule has 0 aromatic heterocycles. The van der Waals surface area contributed by atoms with Crippen LogP contribution in [0.15, 0.2) is 73.2 Å². The van der Waals surface area contributed by atoms with Gasteiger partial charge >= 0.3 is 0 Å². The molecule has 0 spiro atoms. The second-order valence-electron chi connectivity index (χ2n) is 3.53. The maximum absolute atomic E-state index is 3.96. The van der Waals surface area contributed by atoms with Crippen LogP contribution in [0.4, 0.5) is 0 Å². The third-order valence-electron chi connectivity index (χ3n) is 2.60. The van der Waals surface area contributed by atoms with Crippen molar-refractivity contribution in [2.75, 3.05) is 0 Å². The Hall–Kier alpha value is -1.76. The molecule has 1 N–H and O–H groups in total. The van der Waals surface area contributed by atoms with Gasteiger partial charge in [0.2, 0.25) is 0 Å². The Morgan fingerprint density at radius 3 is 2.67 bits per heavy atom. The molecule has 0 aliphatic carbocycles. The van der Waals surface area contributed by atoms with E-state index in [1.54, 1.807) is 12.2 Å². The first kappa shape index (κ1) is 11.3. The average Bonchev–Trinajstić information content (AvgIpc) is 2.23. The van der Waals surface area contributed by atoms with Crippen molar-refractivity contribution in [3.63, 3.8) is 0 Å². The Labute approximate surface area is 91.9 Å². The monoisotopic (exact) mass is 199 g/mol. The summed E-state index contributed by atoms with van der Waals surface area (Å²) in [5, 5.41) is 3.13. The standard InChI is InChI=1S/C14H17N/c1-6-8-13-11(4)14(10(3)7-2)9-15-12(13)5/h6-9,11,15H,1-3,5H2,4H3/b13-8-. The Morgan fingerprint density at radius 2 is 2.13 bits per heavy atom. The van der Waals surface area contributed by atoms with Crippen molar-refractivity contribution in [2.24, 2.45) is 5.92 Å². The molecule has 0 radical (unpaired) electrons. The first-order valence-electron chi connectivity index (χ1n) is 4.92. The Morgan fingerprint density at radius 1 is 1.47 bits per heavy atom. The van der Waals surface area contributed by atoms with E-state index < -0.39 is 0 Å². The Balaban J connectivity index is 3.10. The first-order valence-corrected chi connectivity index (χ1v) is 4.92. The lowest BCUT2D eigenvalue weighted by atomic mass is 9.85. The van der Waals surface area contributed by atoms with Gasteiger partial charge in [-0.05, 0) is 16.7 Å². The minimum Gasteiger partial charge on any atom is -0.362 e. The van der Waals surface area contributed by atoms with Crippen molar-refractivity contribution < 1.29 is 0 Å². The van der Waals surface area contributed by atoms with E-state index in [0.29, 0.717) is 0 Å². The predicted octanol–water partition coefficient (Wildman–Crippen LogP) is 3.48. The molecule has 15 heavy (non-hydrogen) atoms.